The average Bonchev–Trinajstić information content (AvgIpc) is 2.96. The fraction of sp³-hybridized carbons (Fsp3) is 0.188. The molecule has 0 bridgehead atoms. The minimum atomic E-state index is -0.581. The summed E-state index contributed by atoms with van der Waals surface area (Å²) in [6.45, 7) is 2.18. The zero-order valence-corrected chi connectivity index (χ0v) is 14.4. The average molecular weight is 364 g/mol. The van der Waals surface area contributed by atoms with Crippen molar-refractivity contribution in [1.29, 1.82) is 0 Å². The maximum absolute atomic E-state index is 12.7. The van der Waals surface area contributed by atoms with Crippen molar-refractivity contribution >= 4 is 44.7 Å². The van der Waals surface area contributed by atoms with Gasteiger partial charge in [0.05, 0.1) is 22.7 Å². The molecule has 0 radical (unpaired) electrons. The second kappa shape index (κ2) is 6.62. The Morgan fingerprint density at radius 2 is 2.08 bits per heavy atom. The van der Waals surface area contributed by atoms with Gasteiger partial charge < -0.3 is 10.5 Å². The van der Waals surface area contributed by atoms with Gasteiger partial charge >= 0.3 is 5.97 Å². The van der Waals surface area contributed by atoms with Crippen molar-refractivity contribution in [2.24, 2.45) is 0 Å². The third-order valence-electron chi connectivity index (χ3n) is 3.38. The Kier molecular flexibility index (Phi) is 4.55. The molecule has 8 heteroatoms. The van der Waals surface area contributed by atoms with Crippen LogP contribution in [0.2, 0.25) is 5.02 Å². The summed E-state index contributed by atoms with van der Waals surface area (Å²) in [5.41, 5.74) is 6.09. The highest BCUT2D eigenvalue weighted by molar-refractivity contribution is 7.15. The Hall–Kier alpha value is -2.38. The molecule has 0 saturated heterocycles. The predicted molar refractivity (Wildman–Crippen MR) is 95.2 cm³/mol. The normalized spacial score (nSPS) is 10.9. The van der Waals surface area contributed by atoms with E-state index in [9.17, 15) is 9.59 Å². The van der Waals surface area contributed by atoms with Crippen LogP contribution in [0.1, 0.15) is 23.8 Å². The highest BCUT2D eigenvalue weighted by Gasteiger charge is 2.21. The second-order valence-electron chi connectivity index (χ2n) is 5.07. The number of benzene rings is 1. The smallest absolute Gasteiger partial charge is 0.359 e. The minimum Gasteiger partial charge on any atom is -0.461 e. The van der Waals surface area contributed by atoms with E-state index < -0.39 is 11.5 Å². The van der Waals surface area contributed by atoms with E-state index in [2.05, 4.69) is 5.10 Å². The number of nitrogen functional groups attached to an aromatic ring is 1. The first kappa shape index (κ1) is 16.5. The third-order valence-corrected chi connectivity index (χ3v) is 4.45. The number of ether oxygens (including phenoxy) is 1. The molecular weight excluding hydrogens is 350 g/mol. The Labute approximate surface area is 146 Å². The molecule has 124 valence electrons. The molecular formula is C16H14ClN3O3S. The van der Waals surface area contributed by atoms with Gasteiger partial charge in [-0.25, -0.2) is 4.79 Å². The number of nitrogens with zero attached hydrogens (tertiary/aromatic N) is 2. The summed E-state index contributed by atoms with van der Waals surface area (Å²) in [6.07, 6.45) is 0.692. The first-order valence-corrected chi connectivity index (χ1v) is 8.51. The van der Waals surface area contributed by atoms with E-state index in [-0.39, 0.29) is 17.7 Å². The van der Waals surface area contributed by atoms with Gasteiger partial charge in [-0.15, -0.1) is 11.3 Å². The van der Waals surface area contributed by atoms with E-state index in [0.717, 1.165) is 4.68 Å². The van der Waals surface area contributed by atoms with Gasteiger partial charge in [-0.3, -0.25) is 4.79 Å². The molecule has 24 heavy (non-hydrogen) atoms. The maximum Gasteiger partial charge on any atom is 0.359 e. The zero-order valence-electron chi connectivity index (χ0n) is 12.8. The molecule has 3 aromatic rings. The summed E-state index contributed by atoms with van der Waals surface area (Å²) in [6, 6.07) is 6.57. The van der Waals surface area contributed by atoms with Crippen LogP contribution in [0.5, 0.6) is 0 Å². The van der Waals surface area contributed by atoms with Crippen molar-refractivity contribution in [2.75, 3.05) is 12.3 Å². The van der Waals surface area contributed by atoms with Gasteiger partial charge in [0.2, 0.25) is 0 Å². The van der Waals surface area contributed by atoms with Crippen LogP contribution in [0.4, 0.5) is 5.00 Å². The molecule has 6 nitrogen and oxygen atoms in total. The summed E-state index contributed by atoms with van der Waals surface area (Å²) < 4.78 is 6.31. The molecule has 2 heterocycles. The van der Waals surface area contributed by atoms with Gasteiger partial charge in [0.25, 0.3) is 5.56 Å². The Morgan fingerprint density at radius 3 is 2.75 bits per heavy atom. The van der Waals surface area contributed by atoms with Gasteiger partial charge in [0, 0.05) is 15.8 Å². The summed E-state index contributed by atoms with van der Waals surface area (Å²) >= 11 is 7.07. The lowest BCUT2D eigenvalue weighted by molar-refractivity contribution is 0.0498. The fourth-order valence-corrected chi connectivity index (χ4v) is 3.16. The predicted octanol–water partition coefficient (Wildman–Crippen LogP) is 3.25. The zero-order chi connectivity index (χ0) is 17.3. The van der Waals surface area contributed by atoms with Crippen molar-refractivity contribution in [2.45, 2.75) is 13.3 Å². The standard InChI is InChI=1S/C16H14ClN3O3S/c1-2-7-23-16(22)13-11-8-24-14(18)12(11)15(21)20(19-13)10-5-3-9(17)4-6-10/h3-6,8H,2,7,18H2,1H3. The van der Waals surface area contributed by atoms with Gasteiger partial charge in [-0.05, 0) is 30.7 Å². The molecule has 2 aromatic heterocycles. The molecule has 3 rings (SSSR count). The number of carbonyl (C=O) groups is 1. The van der Waals surface area contributed by atoms with E-state index in [4.69, 9.17) is 22.1 Å². The highest BCUT2D eigenvalue weighted by Crippen LogP contribution is 2.28. The van der Waals surface area contributed by atoms with Crippen LogP contribution < -0.4 is 11.3 Å². The van der Waals surface area contributed by atoms with Crippen LogP contribution in [0, 0.1) is 0 Å². The van der Waals surface area contributed by atoms with Gasteiger partial charge in [-0.2, -0.15) is 9.78 Å². The number of nitrogens with two attached hydrogens (primary N) is 1. The van der Waals surface area contributed by atoms with Crippen LogP contribution in [-0.2, 0) is 4.74 Å². The van der Waals surface area contributed by atoms with E-state index in [1.54, 1.807) is 29.6 Å². The fourth-order valence-electron chi connectivity index (χ4n) is 2.24. The third kappa shape index (κ3) is 2.88. The quantitative estimate of drug-likeness (QED) is 0.719. The first-order chi connectivity index (χ1) is 11.5. The second-order valence-corrected chi connectivity index (χ2v) is 6.41. The molecule has 0 aliphatic carbocycles. The molecule has 0 atom stereocenters. The number of halogens is 1. The van der Waals surface area contributed by atoms with E-state index in [1.807, 2.05) is 6.92 Å². The number of carbonyl (C=O) groups excluding carboxylic acids is 1. The van der Waals surface area contributed by atoms with Gasteiger partial charge in [0.1, 0.15) is 0 Å². The molecule has 0 fully saturated rings. The number of hydrogen-bond acceptors (Lipinski definition) is 6. The molecule has 0 aliphatic rings. The SMILES string of the molecule is CCCOC(=O)c1nn(-c2ccc(Cl)cc2)c(=O)c2c(N)scc12. The molecule has 0 saturated carbocycles. The molecule has 0 spiro atoms. The lowest BCUT2D eigenvalue weighted by atomic mass is 10.2. The topological polar surface area (TPSA) is 87.2 Å². The summed E-state index contributed by atoms with van der Waals surface area (Å²) in [7, 11) is 0. The Bertz CT molecular complexity index is 963. The number of thiophene rings is 1. The van der Waals surface area contributed by atoms with Crippen LogP contribution in [0.15, 0.2) is 34.4 Å². The summed E-state index contributed by atoms with van der Waals surface area (Å²) in [5, 5.41) is 7.40. The first-order valence-electron chi connectivity index (χ1n) is 7.26. The van der Waals surface area contributed by atoms with Gasteiger partial charge in [-0.1, -0.05) is 18.5 Å². The largest absolute Gasteiger partial charge is 0.461 e. The molecule has 0 amide bonds. The Morgan fingerprint density at radius 1 is 1.38 bits per heavy atom. The maximum atomic E-state index is 12.7. The van der Waals surface area contributed by atoms with Crippen LogP contribution >= 0.6 is 22.9 Å². The molecule has 0 unspecified atom stereocenters. The lowest BCUT2D eigenvalue weighted by Gasteiger charge is -2.09. The Balaban J connectivity index is 2.25. The van der Waals surface area contributed by atoms with Crippen molar-refractivity contribution in [3.8, 4) is 5.69 Å². The van der Waals surface area contributed by atoms with Gasteiger partial charge in [0.15, 0.2) is 5.69 Å². The molecule has 0 aliphatic heterocycles. The molecule has 1 aromatic carbocycles. The number of hydrogen-bond donors (Lipinski definition) is 1. The summed E-state index contributed by atoms with van der Waals surface area (Å²) in [5.74, 6) is -0.581. The van der Waals surface area contributed by atoms with Crippen molar-refractivity contribution in [3.63, 3.8) is 0 Å². The molecule has 2 N–H and O–H groups in total. The number of esters is 1. The van der Waals surface area contributed by atoms with Crippen molar-refractivity contribution in [1.82, 2.24) is 9.78 Å². The minimum absolute atomic E-state index is 0.0703. The van der Waals surface area contributed by atoms with E-state index >= 15 is 0 Å². The number of fused-ring (bicyclic) bond motifs is 1. The summed E-state index contributed by atoms with van der Waals surface area (Å²) in [4.78, 5) is 25.0. The number of aromatic nitrogens is 2. The monoisotopic (exact) mass is 363 g/mol. The van der Waals surface area contributed by atoms with Crippen molar-refractivity contribution in [3.05, 3.63) is 50.7 Å². The van der Waals surface area contributed by atoms with Crippen molar-refractivity contribution < 1.29 is 9.53 Å². The van der Waals surface area contributed by atoms with E-state index in [0.29, 0.717) is 27.5 Å². The number of rotatable bonds is 4. The van der Waals surface area contributed by atoms with E-state index in [1.165, 1.54) is 11.3 Å². The van der Waals surface area contributed by atoms with Crippen LogP contribution in [-0.4, -0.2) is 22.4 Å². The number of anilines is 1. The van der Waals surface area contributed by atoms with Crippen LogP contribution in [0.3, 0.4) is 0 Å². The highest BCUT2D eigenvalue weighted by atomic mass is 35.5. The van der Waals surface area contributed by atoms with Crippen LogP contribution in [0.25, 0.3) is 16.5 Å². The lowest BCUT2D eigenvalue weighted by Crippen LogP contribution is -2.25.